The molecule has 3 aromatic heterocycles. The van der Waals surface area contributed by atoms with E-state index in [9.17, 15) is 22.0 Å². The maximum Gasteiger partial charge on any atom is 0.419 e. The Bertz CT molecular complexity index is 1230. The first-order valence-electron chi connectivity index (χ1n) is 8.75. The van der Waals surface area contributed by atoms with Crippen molar-refractivity contribution in [2.45, 2.75) is 19.5 Å². The monoisotopic (exact) mass is 420 g/mol. The van der Waals surface area contributed by atoms with Crippen molar-refractivity contribution in [3.8, 4) is 5.82 Å². The van der Waals surface area contributed by atoms with E-state index in [0.717, 1.165) is 18.3 Å². The van der Waals surface area contributed by atoms with Gasteiger partial charge in [-0.15, -0.1) is 0 Å². The van der Waals surface area contributed by atoms with Crippen molar-refractivity contribution >= 4 is 22.7 Å². The Hall–Kier alpha value is -3.63. The van der Waals surface area contributed by atoms with Crippen LogP contribution in [0.5, 0.6) is 0 Å². The standard InChI is InChI=1S/C19H13F5N6/c1-2-16-29-18-14(5-10(20)7-26-18)30(16)17-9-25-8-15(28-17)27-11-3-4-12(13(21)6-11)19(22,23)24/h3-9H,2H2,1H3,(H,27,28). The highest BCUT2D eigenvalue weighted by Crippen LogP contribution is 2.33. The zero-order valence-electron chi connectivity index (χ0n) is 15.4. The molecule has 0 aliphatic carbocycles. The fraction of sp³-hybridized carbons (Fsp3) is 0.158. The molecular formula is C19H13F5N6. The third-order valence-corrected chi connectivity index (χ3v) is 4.26. The number of nitrogens with one attached hydrogen (secondary N) is 1. The number of rotatable bonds is 4. The van der Waals surface area contributed by atoms with Gasteiger partial charge in [0.2, 0.25) is 0 Å². The van der Waals surface area contributed by atoms with E-state index in [1.165, 1.54) is 18.5 Å². The van der Waals surface area contributed by atoms with Crippen molar-refractivity contribution in [1.82, 2.24) is 24.5 Å². The summed E-state index contributed by atoms with van der Waals surface area (Å²) >= 11 is 0. The lowest BCUT2D eigenvalue weighted by atomic mass is 10.2. The largest absolute Gasteiger partial charge is 0.419 e. The molecule has 0 amide bonds. The number of aromatic nitrogens is 5. The molecule has 0 saturated carbocycles. The molecule has 0 fully saturated rings. The lowest BCUT2D eigenvalue weighted by molar-refractivity contribution is -0.139. The quantitative estimate of drug-likeness (QED) is 0.480. The maximum atomic E-state index is 13.8. The van der Waals surface area contributed by atoms with E-state index in [1.54, 1.807) is 4.57 Å². The van der Waals surface area contributed by atoms with Gasteiger partial charge in [0.15, 0.2) is 17.3 Å². The number of alkyl halides is 3. The highest BCUT2D eigenvalue weighted by Gasteiger charge is 2.33. The normalized spacial score (nSPS) is 11.8. The van der Waals surface area contributed by atoms with Crippen LogP contribution in [0, 0.1) is 11.6 Å². The number of benzene rings is 1. The summed E-state index contributed by atoms with van der Waals surface area (Å²) in [6, 6.07) is 3.72. The first-order valence-corrected chi connectivity index (χ1v) is 8.75. The summed E-state index contributed by atoms with van der Waals surface area (Å²) in [4.78, 5) is 16.7. The van der Waals surface area contributed by atoms with E-state index in [4.69, 9.17) is 0 Å². The number of halogens is 5. The molecule has 0 radical (unpaired) electrons. The van der Waals surface area contributed by atoms with E-state index in [0.29, 0.717) is 35.3 Å². The Labute approximate surface area is 166 Å². The van der Waals surface area contributed by atoms with Crippen molar-refractivity contribution in [2.24, 2.45) is 0 Å². The van der Waals surface area contributed by atoms with Gasteiger partial charge in [-0.1, -0.05) is 6.92 Å². The van der Waals surface area contributed by atoms with E-state index in [2.05, 4.69) is 25.3 Å². The third kappa shape index (κ3) is 3.65. The molecule has 0 aliphatic rings. The fourth-order valence-corrected chi connectivity index (χ4v) is 2.97. The molecule has 6 nitrogen and oxygen atoms in total. The summed E-state index contributed by atoms with van der Waals surface area (Å²) in [7, 11) is 0. The SMILES string of the molecule is CCc1nc2ncc(F)cc2n1-c1cncc(Nc2ccc(C(F)(F)F)c(F)c2)n1. The van der Waals surface area contributed by atoms with Crippen molar-refractivity contribution in [2.75, 3.05) is 5.32 Å². The average Bonchev–Trinajstić information content (AvgIpc) is 3.05. The average molecular weight is 420 g/mol. The summed E-state index contributed by atoms with van der Waals surface area (Å²) in [6.07, 6.45) is -0.486. The van der Waals surface area contributed by atoms with Gasteiger partial charge in [-0.2, -0.15) is 13.2 Å². The maximum absolute atomic E-state index is 13.8. The van der Waals surface area contributed by atoms with Crippen LogP contribution >= 0.6 is 0 Å². The lowest BCUT2D eigenvalue weighted by Crippen LogP contribution is -2.09. The number of hydrogen-bond donors (Lipinski definition) is 1. The Morgan fingerprint density at radius 3 is 2.53 bits per heavy atom. The van der Waals surface area contributed by atoms with Crippen LogP contribution in [0.2, 0.25) is 0 Å². The van der Waals surface area contributed by atoms with Gasteiger partial charge in [-0.05, 0) is 18.2 Å². The smallest absolute Gasteiger partial charge is 0.339 e. The van der Waals surface area contributed by atoms with Crippen molar-refractivity contribution in [1.29, 1.82) is 0 Å². The Morgan fingerprint density at radius 2 is 1.83 bits per heavy atom. The van der Waals surface area contributed by atoms with Gasteiger partial charge >= 0.3 is 6.18 Å². The minimum atomic E-state index is -4.79. The van der Waals surface area contributed by atoms with Gasteiger partial charge in [0, 0.05) is 18.2 Å². The molecule has 30 heavy (non-hydrogen) atoms. The van der Waals surface area contributed by atoms with Crippen LogP contribution in [0.1, 0.15) is 18.3 Å². The number of nitrogens with zero attached hydrogens (tertiary/aromatic N) is 5. The topological polar surface area (TPSA) is 68.5 Å². The van der Waals surface area contributed by atoms with Crippen molar-refractivity contribution < 1.29 is 22.0 Å². The van der Waals surface area contributed by atoms with Crippen LogP contribution in [0.15, 0.2) is 42.9 Å². The Balaban J connectivity index is 1.72. The molecule has 3 heterocycles. The number of hydrogen-bond acceptors (Lipinski definition) is 5. The van der Waals surface area contributed by atoms with Crippen LogP contribution in [0.4, 0.5) is 33.5 Å². The minimum Gasteiger partial charge on any atom is -0.339 e. The van der Waals surface area contributed by atoms with Crippen LogP contribution in [-0.2, 0) is 12.6 Å². The summed E-state index contributed by atoms with van der Waals surface area (Å²) in [5.74, 6) is -0.949. The zero-order chi connectivity index (χ0) is 21.5. The molecule has 0 atom stereocenters. The predicted molar refractivity (Wildman–Crippen MR) is 98.5 cm³/mol. The molecule has 0 saturated heterocycles. The van der Waals surface area contributed by atoms with Crippen LogP contribution in [0.3, 0.4) is 0 Å². The third-order valence-electron chi connectivity index (χ3n) is 4.26. The van der Waals surface area contributed by atoms with Crippen LogP contribution in [0.25, 0.3) is 17.0 Å². The molecule has 1 N–H and O–H groups in total. The highest BCUT2D eigenvalue weighted by molar-refractivity contribution is 5.74. The van der Waals surface area contributed by atoms with Gasteiger partial charge in [-0.3, -0.25) is 9.55 Å². The summed E-state index contributed by atoms with van der Waals surface area (Å²) in [5.41, 5.74) is -0.581. The molecular weight excluding hydrogens is 407 g/mol. The molecule has 0 aliphatic heterocycles. The predicted octanol–water partition coefficient (Wildman–Crippen LogP) is 4.81. The number of aryl methyl sites for hydroxylation is 1. The van der Waals surface area contributed by atoms with Gasteiger partial charge in [0.05, 0.1) is 29.7 Å². The highest BCUT2D eigenvalue weighted by atomic mass is 19.4. The molecule has 0 unspecified atom stereocenters. The summed E-state index contributed by atoms with van der Waals surface area (Å²) in [5, 5.41) is 2.72. The van der Waals surface area contributed by atoms with Crippen molar-refractivity contribution in [3.05, 3.63) is 65.9 Å². The molecule has 0 spiro atoms. The van der Waals surface area contributed by atoms with E-state index in [-0.39, 0.29) is 11.5 Å². The van der Waals surface area contributed by atoms with E-state index in [1.807, 2.05) is 6.92 Å². The molecule has 0 bridgehead atoms. The molecule has 4 aromatic rings. The van der Waals surface area contributed by atoms with Gasteiger partial charge in [0.25, 0.3) is 0 Å². The molecule has 1 aromatic carbocycles. The van der Waals surface area contributed by atoms with Gasteiger partial charge in [-0.25, -0.2) is 23.7 Å². The minimum absolute atomic E-state index is 0.0610. The fourth-order valence-electron chi connectivity index (χ4n) is 2.97. The van der Waals surface area contributed by atoms with E-state index >= 15 is 0 Å². The second-order valence-electron chi connectivity index (χ2n) is 6.29. The van der Waals surface area contributed by atoms with Crippen LogP contribution < -0.4 is 5.32 Å². The van der Waals surface area contributed by atoms with E-state index < -0.39 is 23.4 Å². The molecule has 154 valence electrons. The Morgan fingerprint density at radius 1 is 1.03 bits per heavy atom. The molecule has 4 rings (SSSR count). The number of imidazole rings is 1. The number of pyridine rings is 1. The summed E-state index contributed by atoms with van der Waals surface area (Å²) in [6.45, 7) is 1.86. The second kappa shape index (κ2) is 7.32. The van der Waals surface area contributed by atoms with Crippen molar-refractivity contribution in [3.63, 3.8) is 0 Å². The first-order chi connectivity index (χ1) is 14.3. The Kier molecular flexibility index (Phi) is 4.80. The number of anilines is 2. The second-order valence-corrected chi connectivity index (χ2v) is 6.29. The zero-order valence-corrected chi connectivity index (χ0v) is 15.4. The first kappa shape index (κ1) is 19.7. The lowest BCUT2D eigenvalue weighted by Gasteiger charge is -2.12. The number of fused-ring (bicyclic) bond motifs is 1. The summed E-state index contributed by atoms with van der Waals surface area (Å²) < 4.78 is 67.3. The van der Waals surface area contributed by atoms with Crippen LogP contribution in [-0.4, -0.2) is 24.5 Å². The van der Waals surface area contributed by atoms with Gasteiger partial charge < -0.3 is 5.32 Å². The van der Waals surface area contributed by atoms with Gasteiger partial charge in [0.1, 0.15) is 17.5 Å². The molecule has 11 heteroatoms.